The molecule has 0 fully saturated rings. The molecule has 0 unspecified atom stereocenters. The van der Waals surface area contributed by atoms with E-state index in [9.17, 15) is 5.21 Å². The summed E-state index contributed by atoms with van der Waals surface area (Å²) in [5.74, 6) is 0.646. The molecule has 3 aromatic rings. The first-order chi connectivity index (χ1) is 9.69. The van der Waals surface area contributed by atoms with Crippen LogP contribution in [0.15, 0.2) is 58.1 Å². The number of fused-ring (bicyclic) bond motifs is 1. The number of rotatable bonds is 1. The van der Waals surface area contributed by atoms with Gasteiger partial charge in [-0.1, -0.05) is 47.1 Å². The van der Waals surface area contributed by atoms with Crippen LogP contribution in [0.1, 0.15) is 5.56 Å². The molecule has 1 N–H and O–H groups in total. The summed E-state index contributed by atoms with van der Waals surface area (Å²) < 4.78 is 5.90. The quantitative estimate of drug-likeness (QED) is 0.533. The van der Waals surface area contributed by atoms with E-state index >= 15 is 0 Å². The van der Waals surface area contributed by atoms with Gasteiger partial charge in [0.25, 0.3) is 0 Å². The largest absolute Gasteiger partial charge is 0.456 e. The van der Waals surface area contributed by atoms with Crippen LogP contribution in [0.3, 0.4) is 0 Å². The Bertz CT molecular complexity index is 838. The van der Waals surface area contributed by atoms with Crippen molar-refractivity contribution < 1.29 is 9.62 Å². The predicted molar refractivity (Wildman–Crippen MR) is 78.7 cm³/mol. The summed E-state index contributed by atoms with van der Waals surface area (Å²) in [6, 6.07) is 15.0. The third-order valence-corrected chi connectivity index (χ3v) is 3.60. The van der Waals surface area contributed by atoms with Gasteiger partial charge in [-0.15, -0.1) is 0 Å². The smallest absolute Gasteiger partial charge is 0.137 e. The standard InChI is InChI=1S/C16H12ClNO2/c1-10-7-16-12(8-13(10)17)14(18-19)9-15(20-16)11-5-3-2-4-6-11/h2-9,19H,1H3/b18-14+. The maximum absolute atomic E-state index is 9.21. The minimum Gasteiger partial charge on any atom is -0.456 e. The Kier molecular flexibility index (Phi) is 3.20. The fraction of sp³-hybridized carbons (Fsp3) is 0.0625. The number of halogens is 1. The fourth-order valence-electron chi connectivity index (χ4n) is 2.12. The Morgan fingerprint density at radius 2 is 1.85 bits per heavy atom. The van der Waals surface area contributed by atoms with Gasteiger partial charge in [0, 0.05) is 22.0 Å². The molecule has 0 saturated carbocycles. The molecule has 20 heavy (non-hydrogen) atoms. The summed E-state index contributed by atoms with van der Waals surface area (Å²) in [7, 11) is 0. The lowest BCUT2D eigenvalue weighted by molar-refractivity contribution is 0.302. The van der Waals surface area contributed by atoms with E-state index in [2.05, 4.69) is 5.16 Å². The first-order valence-electron chi connectivity index (χ1n) is 6.16. The molecule has 0 aliphatic carbocycles. The zero-order chi connectivity index (χ0) is 14.1. The van der Waals surface area contributed by atoms with Crippen LogP contribution in [0.5, 0.6) is 0 Å². The summed E-state index contributed by atoms with van der Waals surface area (Å²) in [5, 5.41) is 14.3. The molecule has 3 nitrogen and oxygen atoms in total. The number of aryl methyl sites for hydroxylation is 1. The maximum atomic E-state index is 9.21. The molecule has 4 heteroatoms. The predicted octanol–water partition coefficient (Wildman–Crippen LogP) is 4.35. The van der Waals surface area contributed by atoms with E-state index in [-0.39, 0.29) is 0 Å². The van der Waals surface area contributed by atoms with Crippen molar-refractivity contribution >= 4 is 22.6 Å². The van der Waals surface area contributed by atoms with Crippen molar-refractivity contribution in [1.29, 1.82) is 0 Å². The van der Waals surface area contributed by atoms with Gasteiger partial charge in [-0.25, -0.2) is 0 Å². The second kappa shape index (κ2) is 5.02. The molecule has 3 rings (SSSR count). The van der Waals surface area contributed by atoms with Gasteiger partial charge in [-0.2, -0.15) is 0 Å². The van der Waals surface area contributed by atoms with E-state index in [1.807, 2.05) is 43.3 Å². The van der Waals surface area contributed by atoms with Gasteiger partial charge >= 0.3 is 0 Å². The van der Waals surface area contributed by atoms with Crippen molar-refractivity contribution in [3.63, 3.8) is 0 Å². The molecule has 0 saturated heterocycles. The molecule has 0 atom stereocenters. The van der Waals surface area contributed by atoms with Crippen LogP contribution < -0.4 is 5.36 Å². The number of hydrogen-bond donors (Lipinski definition) is 1. The Morgan fingerprint density at radius 1 is 1.10 bits per heavy atom. The average molecular weight is 286 g/mol. The monoisotopic (exact) mass is 285 g/mol. The molecule has 0 spiro atoms. The molecule has 0 radical (unpaired) electrons. The van der Waals surface area contributed by atoms with Crippen LogP contribution in [0.4, 0.5) is 0 Å². The summed E-state index contributed by atoms with van der Waals surface area (Å²) in [6.07, 6.45) is 0. The van der Waals surface area contributed by atoms with Crippen LogP contribution >= 0.6 is 11.6 Å². The van der Waals surface area contributed by atoms with Crippen LogP contribution in [-0.2, 0) is 0 Å². The number of benzene rings is 2. The summed E-state index contributed by atoms with van der Waals surface area (Å²) in [4.78, 5) is 0. The van der Waals surface area contributed by atoms with E-state index in [1.165, 1.54) is 0 Å². The second-order valence-corrected chi connectivity index (χ2v) is 4.97. The number of nitrogens with zero attached hydrogens (tertiary/aromatic N) is 1. The van der Waals surface area contributed by atoms with E-state index in [1.54, 1.807) is 12.1 Å². The third kappa shape index (κ3) is 2.17. The minimum absolute atomic E-state index is 0.437. The highest BCUT2D eigenvalue weighted by Crippen LogP contribution is 2.25. The van der Waals surface area contributed by atoms with Gasteiger partial charge in [-0.05, 0) is 24.6 Å². The molecule has 100 valence electrons. The first-order valence-corrected chi connectivity index (χ1v) is 6.54. The molecular weight excluding hydrogens is 274 g/mol. The molecule has 0 amide bonds. The molecule has 1 aromatic heterocycles. The highest BCUT2D eigenvalue weighted by atomic mass is 35.5. The maximum Gasteiger partial charge on any atom is 0.137 e. The van der Waals surface area contributed by atoms with Crippen molar-refractivity contribution in [2.24, 2.45) is 5.16 Å². The average Bonchev–Trinajstić information content (AvgIpc) is 2.48. The topological polar surface area (TPSA) is 45.7 Å². The Hall–Kier alpha value is -2.26. The molecule has 1 heterocycles. The van der Waals surface area contributed by atoms with E-state index < -0.39 is 0 Å². The Morgan fingerprint density at radius 3 is 2.55 bits per heavy atom. The van der Waals surface area contributed by atoms with Gasteiger partial charge in [0.1, 0.15) is 16.7 Å². The van der Waals surface area contributed by atoms with E-state index in [0.717, 1.165) is 11.1 Å². The molecular formula is C16H12ClNO2. The van der Waals surface area contributed by atoms with Crippen molar-refractivity contribution in [3.05, 3.63) is 64.5 Å². The van der Waals surface area contributed by atoms with Crippen molar-refractivity contribution in [1.82, 2.24) is 0 Å². The summed E-state index contributed by atoms with van der Waals surface area (Å²) >= 11 is 6.11. The molecule has 0 aliphatic rings. The van der Waals surface area contributed by atoms with E-state index in [0.29, 0.717) is 27.1 Å². The SMILES string of the molecule is Cc1cc2oc(-c3ccccc3)c/c(=N\O)c2cc1Cl. The van der Waals surface area contributed by atoms with Crippen molar-refractivity contribution in [2.75, 3.05) is 0 Å². The highest BCUT2D eigenvalue weighted by molar-refractivity contribution is 6.32. The molecule has 0 bridgehead atoms. The summed E-state index contributed by atoms with van der Waals surface area (Å²) in [5.41, 5.74) is 2.48. The van der Waals surface area contributed by atoms with Gasteiger partial charge in [0.05, 0.1) is 0 Å². The lowest BCUT2D eigenvalue weighted by Gasteiger charge is -2.06. The van der Waals surface area contributed by atoms with Gasteiger partial charge in [0.15, 0.2) is 0 Å². The zero-order valence-electron chi connectivity index (χ0n) is 10.8. The molecule has 2 aromatic carbocycles. The van der Waals surface area contributed by atoms with Crippen LogP contribution in [-0.4, -0.2) is 5.21 Å². The van der Waals surface area contributed by atoms with Gasteiger partial charge < -0.3 is 9.62 Å². The second-order valence-electron chi connectivity index (χ2n) is 4.56. The Balaban J connectivity index is 2.36. The van der Waals surface area contributed by atoms with Crippen molar-refractivity contribution in [2.45, 2.75) is 6.92 Å². The van der Waals surface area contributed by atoms with Crippen molar-refractivity contribution in [3.8, 4) is 11.3 Å². The van der Waals surface area contributed by atoms with Gasteiger partial charge in [0.2, 0.25) is 0 Å². The lowest BCUT2D eigenvalue weighted by atomic mass is 10.1. The third-order valence-electron chi connectivity index (χ3n) is 3.19. The lowest BCUT2D eigenvalue weighted by Crippen LogP contribution is -2.03. The summed E-state index contributed by atoms with van der Waals surface area (Å²) in [6.45, 7) is 1.91. The highest BCUT2D eigenvalue weighted by Gasteiger charge is 2.08. The van der Waals surface area contributed by atoms with E-state index in [4.69, 9.17) is 16.0 Å². The Labute approximate surface area is 120 Å². The minimum atomic E-state index is 0.437. The first kappa shape index (κ1) is 12.8. The van der Waals surface area contributed by atoms with Crippen LogP contribution in [0.2, 0.25) is 5.02 Å². The number of hydrogen-bond acceptors (Lipinski definition) is 3. The normalized spacial score (nSPS) is 12.0. The van der Waals surface area contributed by atoms with Crippen LogP contribution in [0, 0.1) is 6.92 Å². The van der Waals surface area contributed by atoms with Gasteiger partial charge in [-0.3, -0.25) is 0 Å². The zero-order valence-corrected chi connectivity index (χ0v) is 11.6. The fourth-order valence-corrected chi connectivity index (χ4v) is 2.28. The molecule has 0 aliphatic heterocycles. The van der Waals surface area contributed by atoms with Crippen LogP contribution in [0.25, 0.3) is 22.3 Å².